The van der Waals surface area contributed by atoms with Crippen molar-refractivity contribution in [2.24, 2.45) is 0 Å². The molecule has 0 aliphatic rings. The summed E-state index contributed by atoms with van der Waals surface area (Å²) >= 11 is 7.08. The van der Waals surface area contributed by atoms with Crippen LogP contribution in [0.2, 0.25) is 5.28 Å². The summed E-state index contributed by atoms with van der Waals surface area (Å²) in [6.07, 6.45) is 2.74. The number of hydrogen-bond acceptors (Lipinski definition) is 7. The average Bonchev–Trinajstić information content (AvgIpc) is 2.81. The Kier molecular flexibility index (Phi) is 3.68. The summed E-state index contributed by atoms with van der Waals surface area (Å²) in [6.45, 7) is 1.83. The first-order valence-electron chi connectivity index (χ1n) is 4.91. The number of rotatable bonds is 4. The van der Waals surface area contributed by atoms with Crippen molar-refractivity contribution in [3.63, 3.8) is 0 Å². The van der Waals surface area contributed by atoms with Gasteiger partial charge in [0.1, 0.15) is 11.2 Å². The van der Waals surface area contributed by atoms with E-state index in [-0.39, 0.29) is 22.8 Å². The molecule has 0 radical (unpaired) electrons. The molecule has 1 atom stereocenters. The van der Waals surface area contributed by atoms with Crippen LogP contribution in [0, 0.1) is 10.1 Å². The summed E-state index contributed by atoms with van der Waals surface area (Å²) in [5.74, 6) is 0.0858. The lowest BCUT2D eigenvalue weighted by molar-refractivity contribution is -0.384. The quantitative estimate of drug-likeness (QED) is 0.527. The van der Waals surface area contributed by atoms with Crippen molar-refractivity contribution in [2.45, 2.75) is 13.0 Å². The molecule has 94 valence electrons. The summed E-state index contributed by atoms with van der Waals surface area (Å²) in [5, 5.41) is 16.3. The highest BCUT2D eigenvalue weighted by Gasteiger charge is 2.19. The summed E-state index contributed by atoms with van der Waals surface area (Å²) in [6, 6.07) is -0.199. The largest absolute Gasteiger partial charge is 0.355 e. The number of thiazole rings is 1. The van der Waals surface area contributed by atoms with Crippen molar-refractivity contribution < 1.29 is 4.92 Å². The van der Waals surface area contributed by atoms with Crippen molar-refractivity contribution in [3.05, 3.63) is 38.2 Å². The molecule has 2 heterocycles. The first-order valence-corrected chi connectivity index (χ1v) is 6.16. The zero-order valence-electron chi connectivity index (χ0n) is 9.20. The Balaban J connectivity index is 2.28. The Morgan fingerprint density at radius 1 is 1.56 bits per heavy atom. The van der Waals surface area contributed by atoms with Crippen LogP contribution in [0.1, 0.15) is 18.0 Å². The number of nitrogens with zero attached hydrogens (tertiary/aromatic N) is 4. The van der Waals surface area contributed by atoms with E-state index in [2.05, 4.69) is 20.3 Å². The van der Waals surface area contributed by atoms with Gasteiger partial charge in [-0.2, -0.15) is 4.98 Å². The highest BCUT2D eigenvalue weighted by Crippen LogP contribution is 2.27. The molecule has 18 heavy (non-hydrogen) atoms. The van der Waals surface area contributed by atoms with Gasteiger partial charge < -0.3 is 5.32 Å². The Morgan fingerprint density at radius 2 is 2.33 bits per heavy atom. The summed E-state index contributed by atoms with van der Waals surface area (Å²) in [7, 11) is 0. The standard InChI is InChI=1S/C9H8ClN5O2S/c1-5(8-11-2-3-18-8)13-7-6(15(16)17)4-12-9(10)14-7/h2-5H,1H3,(H,12,13,14). The average molecular weight is 286 g/mol. The maximum Gasteiger partial charge on any atom is 0.329 e. The van der Waals surface area contributed by atoms with E-state index in [1.54, 1.807) is 6.20 Å². The lowest BCUT2D eigenvalue weighted by Gasteiger charge is -2.11. The Morgan fingerprint density at radius 3 is 2.94 bits per heavy atom. The molecule has 0 aromatic carbocycles. The van der Waals surface area contributed by atoms with E-state index in [0.29, 0.717) is 0 Å². The van der Waals surface area contributed by atoms with Crippen molar-refractivity contribution in [1.82, 2.24) is 15.0 Å². The third-order valence-corrected chi connectivity index (χ3v) is 3.25. The van der Waals surface area contributed by atoms with E-state index < -0.39 is 4.92 Å². The molecule has 0 fully saturated rings. The van der Waals surface area contributed by atoms with Gasteiger partial charge in [0, 0.05) is 11.6 Å². The second kappa shape index (κ2) is 5.23. The fourth-order valence-corrected chi connectivity index (χ4v) is 2.09. The molecule has 1 unspecified atom stereocenters. The van der Waals surface area contributed by atoms with E-state index in [1.807, 2.05) is 12.3 Å². The van der Waals surface area contributed by atoms with Crippen LogP contribution < -0.4 is 5.32 Å². The second-order valence-electron chi connectivity index (χ2n) is 3.37. The van der Waals surface area contributed by atoms with Gasteiger partial charge in [0.15, 0.2) is 0 Å². The van der Waals surface area contributed by atoms with Gasteiger partial charge >= 0.3 is 5.69 Å². The molecule has 9 heteroatoms. The first kappa shape index (κ1) is 12.7. The third kappa shape index (κ3) is 2.71. The zero-order chi connectivity index (χ0) is 13.1. The fourth-order valence-electron chi connectivity index (χ4n) is 1.31. The van der Waals surface area contributed by atoms with Gasteiger partial charge in [-0.1, -0.05) is 0 Å². The van der Waals surface area contributed by atoms with Crippen molar-refractivity contribution in [1.29, 1.82) is 0 Å². The molecule has 0 spiro atoms. The van der Waals surface area contributed by atoms with Crippen LogP contribution in [0.25, 0.3) is 0 Å². The molecule has 2 aromatic heterocycles. The molecule has 1 N–H and O–H groups in total. The number of aromatic nitrogens is 3. The van der Waals surface area contributed by atoms with Crippen molar-refractivity contribution in [2.75, 3.05) is 5.32 Å². The molecule has 0 aliphatic heterocycles. The summed E-state index contributed by atoms with van der Waals surface area (Å²) < 4.78 is 0. The molecule has 0 bridgehead atoms. The van der Waals surface area contributed by atoms with Crippen molar-refractivity contribution in [3.8, 4) is 0 Å². The number of anilines is 1. The van der Waals surface area contributed by atoms with E-state index in [0.717, 1.165) is 11.2 Å². The van der Waals surface area contributed by atoms with Crippen LogP contribution in [-0.4, -0.2) is 19.9 Å². The van der Waals surface area contributed by atoms with Gasteiger partial charge in [-0.25, -0.2) is 9.97 Å². The second-order valence-corrected chi connectivity index (χ2v) is 4.63. The highest BCUT2D eigenvalue weighted by atomic mass is 35.5. The molecule has 2 aromatic rings. The minimum absolute atomic E-state index is 0.0468. The van der Waals surface area contributed by atoms with E-state index in [1.165, 1.54) is 11.3 Å². The minimum atomic E-state index is -0.562. The van der Waals surface area contributed by atoms with Crippen LogP contribution in [0.5, 0.6) is 0 Å². The lowest BCUT2D eigenvalue weighted by atomic mass is 10.3. The molecule has 2 rings (SSSR count). The van der Waals surface area contributed by atoms with E-state index in [9.17, 15) is 10.1 Å². The van der Waals surface area contributed by atoms with E-state index in [4.69, 9.17) is 11.6 Å². The predicted molar refractivity (Wildman–Crippen MR) is 67.8 cm³/mol. The molecule has 0 saturated heterocycles. The number of nitrogens with one attached hydrogen (secondary N) is 1. The number of halogens is 1. The summed E-state index contributed by atoms with van der Waals surface area (Å²) in [4.78, 5) is 21.8. The Hall–Kier alpha value is -1.80. The highest BCUT2D eigenvalue weighted by molar-refractivity contribution is 7.09. The van der Waals surface area contributed by atoms with Gasteiger partial charge in [-0.3, -0.25) is 10.1 Å². The van der Waals surface area contributed by atoms with Crippen LogP contribution in [0.4, 0.5) is 11.5 Å². The lowest BCUT2D eigenvalue weighted by Crippen LogP contribution is -2.10. The van der Waals surface area contributed by atoms with Crippen LogP contribution in [0.3, 0.4) is 0 Å². The maximum atomic E-state index is 10.8. The molecular weight excluding hydrogens is 278 g/mol. The number of hydrogen-bond donors (Lipinski definition) is 1. The Labute approximate surface area is 111 Å². The van der Waals surface area contributed by atoms with Crippen LogP contribution in [-0.2, 0) is 0 Å². The monoisotopic (exact) mass is 285 g/mol. The predicted octanol–water partition coefficient (Wildman–Crippen LogP) is 2.67. The van der Waals surface area contributed by atoms with Crippen molar-refractivity contribution >= 4 is 34.4 Å². The topological polar surface area (TPSA) is 93.8 Å². The third-order valence-electron chi connectivity index (χ3n) is 2.11. The Bertz CT molecular complexity index is 562. The molecule has 7 nitrogen and oxygen atoms in total. The van der Waals surface area contributed by atoms with Gasteiger partial charge in [-0.15, -0.1) is 11.3 Å². The maximum absolute atomic E-state index is 10.8. The van der Waals surface area contributed by atoms with Gasteiger partial charge in [-0.05, 0) is 18.5 Å². The number of nitro groups is 1. The minimum Gasteiger partial charge on any atom is -0.355 e. The van der Waals surface area contributed by atoms with E-state index >= 15 is 0 Å². The molecular formula is C9H8ClN5O2S. The van der Waals surface area contributed by atoms with Gasteiger partial charge in [0.05, 0.1) is 11.0 Å². The normalized spacial score (nSPS) is 12.1. The molecule has 0 aliphatic carbocycles. The molecule has 0 saturated carbocycles. The summed E-state index contributed by atoms with van der Waals surface area (Å²) in [5.41, 5.74) is -0.220. The SMILES string of the molecule is CC(Nc1nc(Cl)ncc1[N+](=O)[O-])c1nccs1. The smallest absolute Gasteiger partial charge is 0.329 e. The fraction of sp³-hybridized carbons (Fsp3) is 0.222. The zero-order valence-corrected chi connectivity index (χ0v) is 10.8. The first-order chi connectivity index (χ1) is 8.58. The van der Waals surface area contributed by atoms with Gasteiger partial charge in [0.25, 0.3) is 0 Å². The molecule has 0 amide bonds. The van der Waals surface area contributed by atoms with Crippen LogP contribution >= 0.6 is 22.9 Å². The van der Waals surface area contributed by atoms with Gasteiger partial charge in [0.2, 0.25) is 11.1 Å². The van der Waals surface area contributed by atoms with Crippen LogP contribution in [0.15, 0.2) is 17.8 Å².